The molecule has 1 aliphatic rings. The molecule has 0 spiro atoms. The summed E-state index contributed by atoms with van der Waals surface area (Å²) in [5.74, 6) is 0.0396. The average Bonchev–Trinajstić information content (AvgIpc) is 3.34. The van der Waals surface area contributed by atoms with Crippen molar-refractivity contribution in [2.24, 2.45) is 0 Å². The monoisotopic (exact) mass is 357 g/mol. The fourth-order valence-electron chi connectivity index (χ4n) is 2.94. The van der Waals surface area contributed by atoms with Gasteiger partial charge in [0.15, 0.2) is 0 Å². The van der Waals surface area contributed by atoms with Crippen molar-refractivity contribution in [2.45, 2.75) is 12.8 Å². The number of amides is 1. The van der Waals surface area contributed by atoms with Crippen LogP contribution in [0.25, 0.3) is 16.3 Å². The highest BCUT2D eigenvalue weighted by Crippen LogP contribution is 2.27. The number of halogens is 1. The zero-order chi connectivity index (χ0) is 16.5. The molecule has 0 radical (unpaired) electrons. The third kappa shape index (κ3) is 2.85. The summed E-state index contributed by atoms with van der Waals surface area (Å²) in [5.41, 5.74) is 2.26. The van der Waals surface area contributed by atoms with Gasteiger partial charge in [0.1, 0.15) is 11.4 Å². The van der Waals surface area contributed by atoms with Crippen molar-refractivity contribution in [3.05, 3.63) is 58.6 Å². The lowest BCUT2D eigenvalue weighted by molar-refractivity contribution is 0.0784. The van der Waals surface area contributed by atoms with Crippen LogP contribution in [0.1, 0.15) is 23.3 Å². The Balaban J connectivity index is 1.80. The highest BCUT2D eigenvalue weighted by Gasteiger charge is 2.25. The van der Waals surface area contributed by atoms with Crippen LogP contribution >= 0.6 is 22.9 Å². The minimum Gasteiger partial charge on any atom is -0.337 e. The number of benzene rings is 1. The fourth-order valence-corrected chi connectivity index (χ4v) is 3.75. The van der Waals surface area contributed by atoms with Crippen LogP contribution < -0.4 is 0 Å². The van der Waals surface area contributed by atoms with Crippen molar-refractivity contribution in [1.29, 1.82) is 0 Å². The Labute approximate surface area is 149 Å². The Hall–Kier alpha value is -2.11. The highest BCUT2D eigenvalue weighted by atomic mass is 35.5. The first-order valence-corrected chi connectivity index (χ1v) is 9.17. The molecule has 0 unspecified atom stereocenters. The predicted octanol–water partition coefficient (Wildman–Crippen LogP) is 4.49. The number of thiophene rings is 1. The van der Waals surface area contributed by atoms with Gasteiger partial charge >= 0.3 is 0 Å². The number of carbonyl (C=O) groups excluding carboxylic acids is 1. The third-order valence-corrected chi connectivity index (χ3v) is 5.31. The number of rotatable bonds is 3. The minimum atomic E-state index is 0.0396. The van der Waals surface area contributed by atoms with Crippen LogP contribution in [0.4, 0.5) is 0 Å². The van der Waals surface area contributed by atoms with E-state index in [1.807, 2.05) is 52.7 Å². The number of carbonyl (C=O) groups is 1. The maximum absolute atomic E-state index is 12.9. The van der Waals surface area contributed by atoms with Gasteiger partial charge in [0.25, 0.3) is 5.91 Å². The molecule has 3 aromatic rings. The number of hydrogen-bond acceptors (Lipinski definition) is 3. The zero-order valence-corrected chi connectivity index (χ0v) is 14.6. The summed E-state index contributed by atoms with van der Waals surface area (Å²) in [5, 5.41) is 7.36. The molecule has 2 aromatic heterocycles. The van der Waals surface area contributed by atoms with E-state index in [9.17, 15) is 4.79 Å². The SMILES string of the molecule is O=C(c1cc(-c2cccs2)nn1-c1ccc(Cl)cc1)N1CCCC1. The maximum Gasteiger partial charge on any atom is 0.272 e. The Morgan fingerprint density at radius 2 is 1.88 bits per heavy atom. The molecule has 3 heterocycles. The molecule has 1 aliphatic heterocycles. The van der Waals surface area contributed by atoms with Crippen LogP contribution in [0.15, 0.2) is 47.8 Å². The first kappa shape index (κ1) is 15.4. The molecule has 1 fully saturated rings. The van der Waals surface area contributed by atoms with Crippen LogP contribution in [-0.4, -0.2) is 33.7 Å². The van der Waals surface area contributed by atoms with Gasteiger partial charge in [-0.3, -0.25) is 4.79 Å². The van der Waals surface area contributed by atoms with Gasteiger partial charge < -0.3 is 4.90 Å². The first-order chi connectivity index (χ1) is 11.7. The molecule has 24 heavy (non-hydrogen) atoms. The summed E-state index contributed by atoms with van der Waals surface area (Å²) >= 11 is 7.61. The number of hydrogen-bond donors (Lipinski definition) is 0. The lowest BCUT2D eigenvalue weighted by Crippen LogP contribution is -2.29. The second-order valence-electron chi connectivity index (χ2n) is 5.78. The van der Waals surface area contributed by atoms with E-state index >= 15 is 0 Å². The van der Waals surface area contributed by atoms with E-state index in [0.717, 1.165) is 42.2 Å². The Kier molecular flexibility index (Phi) is 4.12. The van der Waals surface area contributed by atoms with Gasteiger partial charge in [0, 0.05) is 18.1 Å². The molecule has 0 aliphatic carbocycles. The van der Waals surface area contributed by atoms with Gasteiger partial charge in [-0.25, -0.2) is 4.68 Å². The molecular weight excluding hydrogens is 342 g/mol. The van der Waals surface area contributed by atoms with Gasteiger partial charge in [0.2, 0.25) is 0 Å². The maximum atomic E-state index is 12.9. The quantitative estimate of drug-likeness (QED) is 0.692. The van der Waals surface area contributed by atoms with Gasteiger partial charge in [-0.2, -0.15) is 5.10 Å². The molecular formula is C18H16ClN3OS. The second-order valence-corrected chi connectivity index (χ2v) is 7.16. The topological polar surface area (TPSA) is 38.1 Å². The van der Waals surface area contributed by atoms with Crippen molar-refractivity contribution >= 4 is 28.8 Å². The molecule has 1 saturated heterocycles. The summed E-state index contributed by atoms with van der Waals surface area (Å²) in [4.78, 5) is 15.9. The summed E-state index contributed by atoms with van der Waals surface area (Å²) in [7, 11) is 0. The van der Waals surface area contributed by atoms with Crippen molar-refractivity contribution in [3.63, 3.8) is 0 Å². The Morgan fingerprint density at radius 1 is 1.12 bits per heavy atom. The first-order valence-electron chi connectivity index (χ1n) is 7.91. The van der Waals surface area contributed by atoms with Crippen molar-refractivity contribution < 1.29 is 4.79 Å². The van der Waals surface area contributed by atoms with Crippen molar-refractivity contribution in [1.82, 2.24) is 14.7 Å². The van der Waals surface area contributed by atoms with Crippen LogP contribution in [0.2, 0.25) is 5.02 Å². The van der Waals surface area contributed by atoms with Crippen LogP contribution in [0.3, 0.4) is 0 Å². The van der Waals surface area contributed by atoms with Gasteiger partial charge in [-0.1, -0.05) is 17.7 Å². The summed E-state index contributed by atoms with van der Waals surface area (Å²) in [6.45, 7) is 1.64. The normalized spacial score (nSPS) is 14.3. The largest absolute Gasteiger partial charge is 0.337 e. The Morgan fingerprint density at radius 3 is 2.54 bits per heavy atom. The summed E-state index contributed by atoms with van der Waals surface area (Å²) in [6.07, 6.45) is 2.14. The van der Waals surface area contributed by atoms with Crippen LogP contribution in [0.5, 0.6) is 0 Å². The van der Waals surface area contributed by atoms with E-state index in [1.54, 1.807) is 16.0 Å². The molecule has 0 saturated carbocycles. The third-order valence-electron chi connectivity index (χ3n) is 4.17. The van der Waals surface area contributed by atoms with E-state index < -0.39 is 0 Å². The fraction of sp³-hybridized carbons (Fsp3) is 0.222. The van der Waals surface area contributed by atoms with Crippen LogP contribution in [0, 0.1) is 0 Å². The van der Waals surface area contributed by atoms with Gasteiger partial charge in [0.05, 0.1) is 10.6 Å². The van der Waals surface area contributed by atoms with Crippen molar-refractivity contribution in [2.75, 3.05) is 13.1 Å². The Bertz CT molecular complexity index is 849. The second kappa shape index (κ2) is 6.42. The molecule has 4 nitrogen and oxygen atoms in total. The lowest BCUT2D eigenvalue weighted by Gasteiger charge is -2.16. The molecule has 1 aromatic carbocycles. The van der Waals surface area contributed by atoms with E-state index in [0.29, 0.717) is 10.7 Å². The van der Waals surface area contributed by atoms with E-state index in [2.05, 4.69) is 5.10 Å². The molecule has 0 bridgehead atoms. The zero-order valence-electron chi connectivity index (χ0n) is 13.0. The number of aromatic nitrogens is 2. The lowest BCUT2D eigenvalue weighted by atomic mass is 10.2. The molecule has 0 N–H and O–H groups in total. The summed E-state index contributed by atoms with van der Waals surface area (Å²) < 4.78 is 1.73. The molecule has 4 rings (SSSR count). The molecule has 0 atom stereocenters. The highest BCUT2D eigenvalue weighted by molar-refractivity contribution is 7.13. The van der Waals surface area contributed by atoms with Crippen molar-refractivity contribution in [3.8, 4) is 16.3 Å². The standard InChI is InChI=1S/C18H16ClN3OS/c19-13-5-7-14(8-6-13)22-16(18(23)21-9-1-2-10-21)12-15(20-22)17-4-3-11-24-17/h3-8,11-12H,1-2,9-10H2. The van der Waals surface area contributed by atoms with Gasteiger partial charge in [-0.05, 0) is 54.6 Å². The number of likely N-dealkylation sites (tertiary alicyclic amines) is 1. The number of nitrogens with zero attached hydrogens (tertiary/aromatic N) is 3. The molecule has 1 amide bonds. The molecule has 6 heteroatoms. The molecule has 122 valence electrons. The average molecular weight is 358 g/mol. The van der Waals surface area contributed by atoms with E-state index in [4.69, 9.17) is 11.6 Å². The minimum absolute atomic E-state index is 0.0396. The van der Waals surface area contributed by atoms with E-state index in [-0.39, 0.29) is 5.91 Å². The summed E-state index contributed by atoms with van der Waals surface area (Å²) in [6, 6.07) is 13.3. The van der Waals surface area contributed by atoms with Crippen LogP contribution in [-0.2, 0) is 0 Å². The predicted molar refractivity (Wildman–Crippen MR) is 97.0 cm³/mol. The van der Waals surface area contributed by atoms with E-state index in [1.165, 1.54) is 0 Å². The smallest absolute Gasteiger partial charge is 0.272 e. The van der Waals surface area contributed by atoms with Gasteiger partial charge in [-0.15, -0.1) is 11.3 Å².